The first-order valence-electron chi connectivity index (χ1n) is 10.1. The average molecular weight is 446 g/mol. The van der Waals surface area contributed by atoms with Crippen molar-refractivity contribution in [1.29, 1.82) is 0 Å². The third-order valence-corrected chi connectivity index (χ3v) is 6.91. The molecule has 9 heteroatoms. The summed E-state index contributed by atoms with van der Waals surface area (Å²) in [6, 6.07) is 3.77. The number of rotatable bonds is 3. The number of fused-ring (bicyclic) bond motifs is 3. The van der Waals surface area contributed by atoms with E-state index in [1.54, 1.807) is 12.3 Å². The number of piperidine rings is 1. The smallest absolute Gasteiger partial charge is 0.223 e. The predicted octanol–water partition coefficient (Wildman–Crippen LogP) is 3.60. The second-order valence-electron chi connectivity index (χ2n) is 7.87. The molecule has 3 aromatic rings. The Morgan fingerprint density at radius 2 is 2.13 bits per heavy atom. The van der Waals surface area contributed by atoms with Gasteiger partial charge < -0.3 is 14.8 Å². The van der Waals surface area contributed by atoms with Crippen molar-refractivity contribution < 1.29 is 9.59 Å². The Balaban J connectivity index is 1.52. The number of amides is 2. The van der Waals surface area contributed by atoms with E-state index in [0.29, 0.717) is 36.2 Å². The number of carbonyl (C=O) groups excluding carboxylic acids is 2. The largest absolute Gasteiger partial charge is 0.356 e. The van der Waals surface area contributed by atoms with Crippen LogP contribution in [-0.4, -0.2) is 44.6 Å². The number of carbonyl (C=O) groups is 2. The first-order valence-corrected chi connectivity index (χ1v) is 10.8. The highest BCUT2D eigenvalue weighted by Gasteiger charge is 2.31. The first-order chi connectivity index (χ1) is 14.5. The third kappa shape index (κ3) is 3.17. The Bertz CT molecular complexity index is 1140. The van der Waals surface area contributed by atoms with Gasteiger partial charge in [-0.2, -0.15) is 5.10 Å². The normalized spacial score (nSPS) is 19.1. The van der Waals surface area contributed by atoms with E-state index in [-0.39, 0.29) is 24.2 Å². The number of nitrogens with zero attached hydrogens (tertiary/aromatic N) is 3. The van der Waals surface area contributed by atoms with E-state index in [0.717, 1.165) is 40.6 Å². The Labute approximate surface area is 183 Å². The maximum atomic E-state index is 13.0. The van der Waals surface area contributed by atoms with Crippen LogP contribution in [0.15, 0.2) is 24.5 Å². The zero-order valence-electron chi connectivity index (χ0n) is 16.3. The highest BCUT2D eigenvalue weighted by Crippen LogP contribution is 2.42. The number of benzene rings is 1. The Kier molecular flexibility index (Phi) is 4.95. The van der Waals surface area contributed by atoms with Crippen molar-refractivity contribution in [3.63, 3.8) is 0 Å². The number of halogens is 2. The fraction of sp³-hybridized carbons (Fsp3) is 0.381. The van der Waals surface area contributed by atoms with Gasteiger partial charge in [0, 0.05) is 60.4 Å². The lowest BCUT2D eigenvalue weighted by Crippen LogP contribution is -2.42. The maximum absolute atomic E-state index is 13.0. The van der Waals surface area contributed by atoms with Crippen molar-refractivity contribution in [2.45, 2.75) is 32.4 Å². The average Bonchev–Trinajstić information content (AvgIpc) is 3.37. The van der Waals surface area contributed by atoms with Crippen LogP contribution < -0.4 is 5.32 Å². The van der Waals surface area contributed by atoms with E-state index in [1.165, 1.54) is 0 Å². The molecule has 0 radical (unpaired) electrons. The van der Waals surface area contributed by atoms with Gasteiger partial charge in [-0.3, -0.25) is 14.7 Å². The van der Waals surface area contributed by atoms with Gasteiger partial charge in [0.05, 0.1) is 28.3 Å². The molecule has 1 aromatic carbocycles. The molecule has 1 fully saturated rings. The molecule has 7 nitrogen and oxygen atoms in total. The number of aromatic amines is 1. The van der Waals surface area contributed by atoms with Crippen molar-refractivity contribution in [3.8, 4) is 11.1 Å². The molecule has 30 heavy (non-hydrogen) atoms. The summed E-state index contributed by atoms with van der Waals surface area (Å²) in [5.74, 6) is -0.238. The molecule has 0 aliphatic carbocycles. The minimum atomic E-state index is -0.236. The molecule has 4 heterocycles. The van der Waals surface area contributed by atoms with Crippen molar-refractivity contribution in [2.24, 2.45) is 5.92 Å². The summed E-state index contributed by atoms with van der Waals surface area (Å²) < 4.78 is 2.16. The molecule has 2 aliphatic rings. The Morgan fingerprint density at radius 3 is 2.90 bits per heavy atom. The number of hydrogen-bond acceptors (Lipinski definition) is 3. The van der Waals surface area contributed by atoms with Crippen LogP contribution in [0.4, 0.5) is 0 Å². The van der Waals surface area contributed by atoms with Crippen LogP contribution in [0, 0.1) is 5.92 Å². The monoisotopic (exact) mass is 445 g/mol. The van der Waals surface area contributed by atoms with Crippen LogP contribution in [0.3, 0.4) is 0 Å². The van der Waals surface area contributed by atoms with Gasteiger partial charge in [-0.05, 0) is 18.9 Å². The maximum Gasteiger partial charge on any atom is 0.223 e. The van der Waals surface area contributed by atoms with Crippen LogP contribution in [0.5, 0.6) is 0 Å². The van der Waals surface area contributed by atoms with Gasteiger partial charge in [0.15, 0.2) is 0 Å². The molecule has 5 rings (SSSR count). The second kappa shape index (κ2) is 7.63. The summed E-state index contributed by atoms with van der Waals surface area (Å²) in [7, 11) is 0. The molecular weight excluding hydrogens is 425 g/mol. The zero-order chi connectivity index (χ0) is 20.8. The van der Waals surface area contributed by atoms with Gasteiger partial charge in [0.25, 0.3) is 0 Å². The fourth-order valence-corrected chi connectivity index (χ4v) is 5.03. The van der Waals surface area contributed by atoms with E-state index in [2.05, 4.69) is 20.1 Å². The Morgan fingerprint density at radius 1 is 1.27 bits per heavy atom. The molecule has 0 saturated carbocycles. The molecule has 2 aromatic heterocycles. The first kappa shape index (κ1) is 19.5. The Hall–Kier alpha value is -2.51. The molecule has 0 bridgehead atoms. The highest BCUT2D eigenvalue weighted by atomic mass is 35.5. The highest BCUT2D eigenvalue weighted by molar-refractivity contribution is 6.45. The summed E-state index contributed by atoms with van der Waals surface area (Å²) in [5.41, 5.74) is 3.83. The minimum absolute atomic E-state index is 0.0100. The number of hydrogen-bond donors (Lipinski definition) is 2. The lowest BCUT2D eigenvalue weighted by atomic mass is 9.94. The van der Waals surface area contributed by atoms with E-state index in [9.17, 15) is 9.59 Å². The quantitative estimate of drug-likeness (QED) is 0.645. The summed E-state index contributed by atoms with van der Waals surface area (Å²) in [6.07, 6.45) is 5.54. The van der Waals surface area contributed by atoms with Crippen LogP contribution in [0.25, 0.3) is 22.0 Å². The lowest BCUT2D eigenvalue weighted by molar-refractivity contribution is -0.138. The third-order valence-electron chi connectivity index (χ3n) is 6.12. The summed E-state index contributed by atoms with van der Waals surface area (Å²) in [4.78, 5) is 27.0. The number of nitrogens with one attached hydrogen (secondary N) is 2. The fourth-order valence-electron chi connectivity index (χ4n) is 4.62. The number of aromatic nitrogens is 3. The lowest BCUT2D eigenvalue weighted by Gasteiger charge is -2.31. The van der Waals surface area contributed by atoms with E-state index in [4.69, 9.17) is 23.2 Å². The van der Waals surface area contributed by atoms with Gasteiger partial charge in [0.2, 0.25) is 11.8 Å². The van der Waals surface area contributed by atoms with Crippen molar-refractivity contribution >= 4 is 45.9 Å². The van der Waals surface area contributed by atoms with E-state index < -0.39 is 0 Å². The molecule has 1 saturated heterocycles. The van der Waals surface area contributed by atoms with Gasteiger partial charge in [-0.25, -0.2) is 0 Å². The van der Waals surface area contributed by atoms with Gasteiger partial charge in [0.1, 0.15) is 0 Å². The zero-order valence-corrected chi connectivity index (χ0v) is 17.8. The van der Waals surface area contributed by atoms with E-state index >= 15 is 0 Å². The minimum Gasteiger partial charge on any atom is -0.356 e. The molecule has 0 spiro atoms. The van der Waals surface area contributed by atoms with Crippen molar-refractivity contribution in [3.05, 3.63) is 40.3 Å². The van der Waals surface area contributed by atoms with Crippen LogP contribution in [-0.2, 0) is 22.7 Å². The predicted molar refractivity (Wildman–Crippen MR) is 115 cm³/mol. The van der Waals surface area contributed by atoms with Crippen molar-refractivity contribution in [2.75, 3.05) is 13.1 Å². The molecule has 156 valence electrons. The molecular formula is C21H21Cl2N5O2. The van der Waals surface area contributed by atoms with Crippen LogP contribution in [0.1, 0.15) is 25.0 Å². The van der Waals surface area contributed by atoms with E-state index in [1.807, 2.05) is 17.2 Å². The standard InChI is InChI=1S/C21H21Cl2N5O2/c22-15-4-3-14-18(13-9-25-26-10-13)16-11-27(6-7-28(16)20(14)19(15)23)17(29)8-12-2-1-5-24-21(12)30/h3-4,9-10,12H,1-2,5-8,11H2,(H,24,30)(H,25,26)/t12-/m1/s1. The van der Waals surface area contributed by atoms with Gasteiger partial charge in [-0.15, -0.1) is 0 Å². The molecule has 2 amide bonds. The second-order valence-corrected chi connectivity index (χ2v) is 8.65. The molecule has 2 aliphatic heterocycles. The summed E-state index contributed by atoms with van der Waals surface area (Å²) >= 11 is 12.9. The van der Waals surface area contributed by atoms with Crippen LogP contribution in [0.2, 0.25) is 10.0 Å². The molecule has 0 unspecified atom stereocenters. The summed E-state index contributed by atoms with van der Waals surface area (Å²) in [6.45, 7) is 2.34. The molecule has 2 N–H and O–H groups in total. The summed E-state index contributed by atoms with van der Waals surface area (Å²) in [5, 5.41) is 11.8. The SMILES string of the molecule is O=C1NCCC[C@@H]1CC(=O)N1CCn2c(c(-c3cn[nH]c3)c3ccc(Cl)c(Cl)c32)C1. The van der Waals surface area contributed by atoms with Gasteiger partial charge >= 0.3 is 0 Å². The molecule has 1 atom stereocenters. The topological polar surface area (TPSA) is 83.0 Å². The van der Waals surface area contributed by atoms with Gasteiger partial charge in [-0.1, -0.05) is 29.3 Å². The number of H-pyrrole nitrogens is 1. The van der Waals surface area contributed by atoms with Crippen LogP contribution >= 0.6 is 23.2 Å². The van der Waals surface area contributed by atoms with Crippen molar-refractivity contribution in [1.82, 2.24) is 25.0 Å².